The summed E-state index contributed by atoms with van der Waals surface area (Å²) < 4.78 is 8.80. The van der Waals surface area contributed by atoms with E-state index in [1.165, 1.54) is 4.88 Å². The normalized spacial score (nSPS) is 12.2. The Labute approximate surface area is 199 Å². The van der Waals surface area contributed by atoms with E-state index in [-0.39, 0.29) is 5.56 Å². The molecule has 4 nitrogen and oxygen atoms in total. The zero-order valence-electron chi connectivity index (χ0n) is 19.4. The number of rotatable bonds is 10. The van der Waals surface area contributed by atoms with Crippen LogP contribution in [0.2, 0.25) is 0 Å². The van der Waals surface area contributed by atoms with Gasteiger partial charge in [0, 0.05) is 28.4 Å². The lowest BCUT2D eigenvalue weighted by Gasteiger charge is -2.12. The van der Waals surface area contributed by atoms with E-state index in [1.807, 2.05) is 43.6 Å². The molecule has 2 aromatic heterocycles. The van der Waals surface area contributed by atoms with E-state index in [9.17, 15) is 4.79 Å². The largest absolute Gasteiger partial charge is 0.489 e. The third-order valence-corrected chi connectivity index (χ3v) is 7.47. The first-order chi connectivity index (χ1) is 16.1. The van der Waals surface area contributed by atoms with E-state index < -0.39 is 0 Å². The minimum absolute atomic E-state index is 0.0572. The average Bonchev–Trinajstić information content (AvgIpc) is 3.28. The van der Waals surface area contributed by atoms with Gasteiger partial charge < -0.3 is 15.0 Å². The third-order valence-electron chi connectivity index (χ3n) is 6.25. The number of hydrogen-bond acceptors (Lipinski definition) is 4. The van der Waals surface area contributed by atoms with Crippen LogP contribution < -0.4 is 16.0 Å². The van der Waals surface area contributed by atoms with Gasteiger partial charge in [0.15, 0.2) is 0 Å². The van der Waals surface area contributed by atoms with E-state index in [0.717, 1.165) is 64.8 Å². The average molecular weight is 461 g/mol. The van der Waals surface area contributed by atoms with Crippen molar-refractivity contribution in [2.45, 2.75) is 39.2 Å². The minimum atomic E-state index is 0.0572. The van der Waals surface area contributed by atoms with Crippen molar-refractivity contribution in [2.75, 3.05) is 6.54 Å². The second-order valence-electron chi connectivity index (χ2n) is 8.61. The quantitative estimate of drug-likeness (QED) is 0.309. The molecule has 0 amide bonds. The van der Waals surface area contributed by atoms with E-state index in [1.54, 1.807) is 15.9 Å². The van der Waals surface area contributed by atoms with Crippen LogP contribution in [0.3, 0.4) is 0 Å². The van der Waals surface area contributed by atoms with Crippen LogP contribution in [0.25, 0.3) is 21.2 Å². The van der Waals surface area contributed by atoms with E-state index in [4.69, 9.17) is 10.5 Å². The van der Waals surface area contributed by atoms with Crippen molar-refractivity contribution in [2.24, 2.45) is 18.7 Å². The van der Waals surface area contributed by atoms with Crippen LogP contribution in [0.15, 0.2) is 71.7 Å². The van der Waals surface area contributed by atoms with E-state index >= 15 is 0 Å². The number of nitrogens with zero attached hydrogens (tertiary/aromatic N) is 1. The Kier molecular flexibility index (Phi) is 7.63. The number of hydrogen-bond donors (Lipinski definition) is 1. The first-order valence-electron chi connectivity index (χ1n) is 11.7. The van der Waals surface area contributed by atoms with Gasteiger partial charge >= 0.3 is 0 Å². The van der Waals surface area contributed by atoms with Crippen molar-refractivity contribution in [3.05, 3.63) is 87.7 Å². The summed E-state index contributed by atoms with van der Waals surface area (Å²) in [5, 5.41) is 0.803. The lowest BCUT2D eigenvalue weighted by atomic mass is 9.96. The molecule has 33 heavy (non-hydrogen) atoms. The molecule has 1 unspecified atom stereocenters. The Hall–Kier alpha value is -2.89. The first kappa shape index (κ1) is 23.3. The van der Waals surface area contributed by atoms with Crippen molar-refractivity contribution < 1.29 is 4.74 Å². The van der Waals surface area contributed by atoms with E-state index in [0.29, 0.717) is 12.5 Å². The van der Waals surface area contributed by atoms with Crippen LogP contribution in [0.5, 0.6) is 5.75 Å². The molecule has 0 aliphatic heterocycles. The van der Waals surface area contributed by atoms with Crippen molar-refractivity contribution in [3.63, 3.8) is 0 Å². The Morgan fingerprint density at radius 3 is 2.64 bits per heavy atom. The lowest BCUT2D eigenvalue weighted by molar-refractivity contribution is 0.306. The summed E-state index contributed by atoms with van der Waals surface area (Å²) in [5.41, 5.74) is 9.09. The predicted octanol–water partition coefficient (Wildman–Crippen LogP) is 6.15. The fourth-order valence-corrected chi connectivity index (χ4v) is 5.46. The first-order valence-corrected chi connectivity index (χ1v) is 12.5. The SMILES string of the molecule is CCC(CCN)CCc1cc2c(=O)n(C)cc(-c3cccc(OCc4ccccc4)c3)c2s1. The monoisotopic (exact) mass is 460 g/mol. The second kappa shape index (κ2) is 10.8. The van der Waals surface area contributed by atoms with Crippen molar-refractivity contribution >= 4 is 21.4 Å². The molecule has 5 heteroatoms. The molecule has 0 aliphatic rings. The van der Waals surface area contributed by atoms with Gasteiger partial charge in [-0.2, -0.15) is 0 Å². The zero-order chi connectivity index (χ0) is 23.2. The molecule has 172 valence electrons. The van der Waals surface area contributed by atoms with Crippen molar-refractivity contribution in [1.82, 2.24) is 4.57 Å². The molecule has 0 spiro atoms. The highest BCUT2D eigenvalue weighted by Gasteiger charge is 2.15. The van der Waals surface area contributed by atoms with Crippen LogP contribution in [0.1, 0.15) is 36.6 Å². The van der Waals surface area contributed by atoms with Gasteiger partial charge in [0.2, 0.25) is 0 Å². The molecule has 0 aliphatic carbocycles. The van der Waals surface area contributed by atoms with Gasteiger partial charge in [-0.25, -0.2) is 0 Å². The highest BCUT2D eigenvalue weighted by molar-refractivity contribution is 7.19. The minimum Gasteiger partial charge on any atom is -0.489 e. The molecule has 2 aromatic carbocycles. The number of thiophene rings is 1. The Bertz CT molecular complexity index is 1260. The maximum atomic E-state index is 12.9. The summed E-state index contributed by atoms with van der Waals surface area (Å²) in [6.45, 7) is 3.49. The van der Waals surface area contributed by atoms with Gasteiger partial charge in [-0.15, -0.1) is 11.3 Å². The molecule has 0 bridgehead atoms. The molecule has 0 saturated heterocycles. The number of pyridine rings is 1. The van der Waals surface area contributed by atoms with Crippen molar-refractivity contribution in [1.29, 1.82) is 0 Å². The topological polar surface area (TPSA) is 57.2 Å². The maximum Gasteiger partial charge on any atom is 0.259 e. The summed E-state index contributed by atoms with van der Waals surface area (Å²) in [6.07, 6.45) is 6.25. The summed E-state index contributed by atoms with van der Waals surface area (Å²) in [6, 6.07) is 20.4. The Morgan fingerprint density at radius 2 is 1.88 bits per heavy atom. The van der Waals surface area contributed by atoms with Crippen molar-refractivity contribution in [3.8, 4) is 16.9 Å². The molecular formula is C28H32N2O2S. The summed E-state index contributed by atoms with van der Waals surface area (Å²) >= 11 is 1.74. The number of aryl methyl sites for hydroxylation is 2. The number of nitrogens with two attached hydrogens (primary N) is 1. The van der Waals surface area contributed by atoms with Gasteiger partial charge in [0.1, 0.15) is 12.4 Å². The van der Waals surface area contributed by atoms with Crippen LogP contribution in [-0.2, 0) is 20.1 Å². The van der Waals surface area contributed by atoms with Gasteiger partial charge in [0.05, 0.1) is 5.39 Å². The number of benzene rings is 2. The van der Waals surface area contributed by atoms with Crippen LogP contribution in [0, 0.1) is 5.92 Å². The molecule has 0 saturated carbocycles. The predicted molar refractivity (Wildman–Crippen MR) is 139 cm³/mol. The maximum absolute atomic E-state index is 12.9. The standard InChI is InChI=1S/C28H32N2O2S/c1-3-20(14-15-29)12-13-24-17-25-27(33-24)26(18-30(2)28(25)31)22-10-7-11-23(16-22)32-19-21-8-5-4-6-9-21/h4-11,16-18,20H,3,12-15,19,29H2,1-2H3. The highest BCUT2D eigenvalue weighted by Crippen LogP contribution is 2.35. The fraction of sp³-hybridized carbons (Fsp3) is 0.321. The molecular weight excluding hydrogens is 428 g/mol. The van der Waals surface area contributed by atoms with Gasteiger partial charge in [-0.1, -0.05) is 55.8 Å². The molecule has 4 aromatic rings. The van der Waals surface area contributed by atoms with Gasteiger partial charge in [0.25, 0.3) is 5.56 Å². The third kappa shape index (κ3) is 5.55. The molecule has 4 rings (SSSR count). The molecule has 2 heterocycles. The second-order valence-corrected chi connectivity index (χ2v) is 9.74. The molecule has 0 fully saturated rings. The number of fused-ring (bicyclic) bond motifs is 1. The summed E-state index contributed by atoms with van der Waals surface area (Å²) in [7, 11) is 1.83. The smallest absolute Gasteiger partial charge is 0.259 e. The van der Waals surface area contributed by atoms with Crippen LogP contribution >= 0.6 is 11.3 Å². The summed E-state index contributed by atoms with van der Waals surface area (Å²) in [4.78, 5) is 14.1. The number of aromatic nitrogens is 1. The van der Waals surface area contributed by atoms with E-state index in [2.05, 4.69) is 37.3 Å². The molecule has 2 N–H and O–H groups in total. The zero-order valence-corrected chi connectivity index (χ0v) is 20.2. The number of ether oxygens (including phenoxy) is 1. The van der Waals surface area contributed by atoms with Gasteiger partial charge in [-0.3, -0.25) is 4.79 Å². The molecule has 0 radical (unpaired) electrons. The summed E-state index contributed by atoms with van der Waals surface area (Å²) in [5.74, 6) is 1.46. The highest BCUT2D eigenvalue weighted by atomic mass is 32.1. The van der Waals surface area contributed by atoms with Gasteiger partial charge in [-0.05, 0) is 61.1 Å². The van der Waals surface area contributed by atoms with Crippen LogP contribution in [-0.4, -0.2) is 11.1 Å². The fourth-order valence-electron chi connectivity index (χ4n) is 4.26. The lowest BCUT2D eigenvalue weighted by Crippen LogP contribution is -2.15. The molecule has 1 atom stereocenters. The van der Waals surface area contributed by atoms with Crippen LogP contribution in [0.4, 0.5) is 0 Å². The Morgan fingerprint density at radius 1 is 1.06 bits per heavy atom. The Balaban J connectivity index is 1.62.